The molecule has 0 radical (unpaired) electrons. The smallest absolute Gasteiger partial charge is 0.109 e. The van der Waals surface area contributed by atoms with Crippen LogP contribution in [0, 0.1) is 0 Å². The Hall–Kier alpha value is -0.340. The summed E-state index contributed by atoms with van der Waals surface area (Å²) >= 11 is 0. The molecule has 0 saturated carbocycles. The molecule has 0 heterocycles. The van der Waals surface area contributed by atoms with Gasteiger partial charge in [-0.3, -0.25) is 0 Å². The van der Waals surface area contributed by atoms with Gasteiger partial charge in [0.2, 0.25) is 0 Å². The Balaban J connectivity index is 4.16. The van der Waals surface area contributed by atoms with Crippen LogP contribution in [0.4, 0.5) is 0 Å². The van der Waals surface area contributed by atoms with Crippen molar-refractivity contribution < 1.29 is 9.84 Å². The van der Waals surface area contributed by atoms with Gasteiger partial charge in [0.1, 0.15) is 5.60 Å². The Labute approximate surface area is 62.5 Å². The molecule has 0 aliphatic heterocycles. The maximum absolute atomic E-state index is 9.38. The fourth-order valence-corrected chi connectivity index (χ4v) is 0.761. The van der Waals surface area contributed by atoms with Crippen LogP contribution in [0.15, 0.2) is 12.7 Å². The van der Waals surface area contributed by atoms with Gasteiger partial charge in [0, 0.05) is 7.11 Å². The van der Waals surface area contributed by atoms with Crippen LogP contribution in [-0.2, 0) is 4.74 Å². The summed E-state index contributed by atoms with van der Waals surface area (Å²) in [4.78, 5) is 0. The molecular weight excluding hydrogens is 128 g/mol. The van der Waals surface area contributed by atoms with Crippen LogP contribution in [0.2, 0.25) is 0 Å². The minimum absolute atomic E-state index is 0.463. The molecule has 2 nitrogen and oxygen atoms in total. The van der Waals surface area contributed by atoms with Gasteiger partial charge in [-0.15, -0.1) is 6.58 Å². The van der Waals surface area contributed by atoms with E-state index < -0.39 is 11.7 Å². The SMILES string of the molecule is C=C[C@](C)(OC)[C@H](O)CC. The summed E-state index contributed by atoms with van der Waals surface area (Å²) in [5, 5.41) is 9.38. The molecule has 0 aromatic rings. The monoisotopic (exact) mass is 144 g/mol. The molecule has 0 saturated heterocycles. The lowest BCUT2D eigenvalue weighted by Gasteiger charge is -2.28. The number of rotatable bonds is 4. The van der Waals surface area contributed by atoms with Crippen LogP contribution in [-0.4, -0.2) is 23.9 Å². The Morgan fingerprint density at radius 2 is 2.30 bits per heavy atom. The van der Waals surface area contributed by atoms with Crippen LogP contribution >= 0.6 is 0 Å². The molecule has 10 heavy (non-hydrogen) atoms. The van der Waals surface area contributed by atoms with E-state index in [-0.39, 0.29) is 0 Å². The number of ether oxygens (including phenoxy) is 1. The van der Waals surface area contributed by atoms with Gasteiger partial charge in [-0.05, 0) is 13.3 Å². The maximum Gasteiger partial charge on any atom is 0.109 e. The van der Waals surface area contributed by atoms with Crippen molar-refractivity contribution >= 4 is 0 Å². The van der Waals surface area contributed by atoms with Crippen molar-refractivity contribution in [2.75, 3.05) is 7.11 Å². The highest BCUT2D eigenvalue weighted by Crippen LogP contribution is 2.17. The van der Waals surface area contributed by atoms with Crippen molar-refractivity contribution in [2.45, 2.75) is 32.0 Å². The van der Waals surface area contributed by atoms with Gasteiger partial charge in [-0.25, -0.2) is 0 Å². The molecule has 2 heteroatoms. The average molecular weight is 144 g/mol. The second-order valence-electron chi connectivity index (χ2n) is 2.52. The van der Waals surface area contributed by atoms with Gasteiger partial charge in [-0.2, -0.15) is 0 Å². The van der Waals surface area contributed by atoms with E-state index in [1.807, 2.05) is 13.8 Å². The molecule has 0 bridgehead atoms. The van der Waals surface area contributed by atoms with E-state index in [4.69, 9.17) is 4.74 Å². The van der Waals surface area contributed by atoms with Crippen molar-refractivity contribution in [1.82, 2.24) is 0 Å². The standard InChI is InChI=1S/C8H16O2/c1-5-7(9)8(3,6-2)10-4/h6-7,9H,2,5H2,1,3-4H3/t7-,8+/m1/s1. The fraction of sp³-hybridized carbons (Fsp3) is 0.750. The normalized spacial score (nSPS) is 19.6. The van der Waals surface area contributed by atoms with Crippen LogP contribution in [0.5, 0.6) is 0 Å². The van der Waals surface area contributed by atoms with Gasteiger partial charge in [-0.1, -0.05) is 13.0 Å². The third-order valence-electron chi connectivity index (χ3n) is 1.89. The first-order valence-corrected chi connectivity index (χ1v) is 3.47. The number of aliphatic hydroxyl groups excluding tert-OH is 1. The van der Waals surface area contributed by atoms with E-state index in [1.165, 1.54) is 0 Å². The highest BCUT2D eigenvalue weighted by atomic mass is 16.5. The number of methoxy groups -OCH3 is 1. The molecule has 1 N–H and O–H groups in total. The summed E-state index contributed by atoms with van der Waals surface area (Å²) < 4.78 is 5.07. The molecule has 2 atom stereocenters. The van der Waals surface area contributed by atoms with Crippen molar-refractivity contribution in [3.05, 3.63) is 12.7 Å². The zero-order chi connectivity index (χ0) is 8.20. The van der Waals surface area contributed by atoms with Gasteiger partial charge in [0.05, 0.1) is 6.10 Å². The quantitative estimate of drug-likeness (QED) is 0.603. The lowest BCUT2D eigenvalue weighted by molar-refractivity contribution is -0.0572. The van der Waals surface area contributed by atoms with Gasteiger partial charge in [0.25, 0.3) is 0 Å². The Kier molecular flexibility index (Phi) is 3.61. The lowest BCUT2D eigenvalue weighted by Crippen LogP contribution is -2.38. The van der Waals surface area contributed by atoms with Gasteiger partial charge in [0.15, 0.2) is 0 Å². The molecule has 0 amide bonds. The summed E-state index contributed by atoms with van der Waals surface area (Å²) in [7, 11) is 1.57. The first-order chi connectivity index (χ1) is 4.60. The van der Waals surface area contributed by atoms with Crippen LogP contribution in [0.1, 0.15) is 20.3 Å². The molecule has 0 spiro atoms. The number of hydrogen-bond acceptors (Lipinski definition) is 2. The summed E-state index contributed by atoms with van der Waals surface area (Å²) in [6.45, 7) is 7.31. The highest BCUT2D eigenvalue weighted by molar-refractivity contribution is 4.98. The van der Waals surface area contributed by atoms with Crippen LogP contribution in [0.3, 0.4) is 0 Å². The first kappa shape index (κ1) is 9.66. The average Bonchev–Trinajstić information content (AvgIpc) is 2.01. The van der Waals surface area contributed by atoms with Crippen molar-refractivity contribution in [3.63, 3.8) is 0 Å². The predicted octanol–water partition coefficient (Wildman–Crippen LogP) is 1.35. The lowest BCUT2D eigenvalue weighted by atomic mass is 9.97. The summed E-state index contributed by atoms with van der Waals surface area (Å²) in [6.07, 6.45) is 1.84. The molecule has 0 aromatic heterocycles. The van der Waals surface area contributed by atoms with Crippen LogP contribution < -0.4 is 0 Å². The highest BCUT2D eigenvalue weighted by Gasteiger charge is 2.27. The Morgan fingerprint density at radius 1 is 1.80 bits per heavy atom. The summed E-state index contributed by atoms with van der Waals surface area (Å²) in [5.74, 6) is 0. The van der Waals surface area contributed by atoms with Crippen LogP contribution in [0.25, 0.3) is 0 Å². The number of aliphatic hydroxyl groups is 1. The molecular formula is C8H16O2. The molecule has 0 fully saturated rings. The molecule has 0 rings (SSSR count). The van der Waals surface area contributed by atoms with E-state index in [2.05, 4.69) is 6.58 Å². The zero-order valence-electron chi connectivity index (χ0n) is 6.92. The minimum Gasteiger partial charge on any atom is -0.390 e. The third-order valence-corrected chi connectivity index (χ3v) is 1.89. The fourth-order valence-electron chi connectivity index (χ4n) is 0.761. The van der Waals surface area contributed by atoms with E-state index >= 15 is 0 Å². The molecule has 0 aliphatic rings. The minimum atomic E-state index is -0.589. The predicted molar refractivity (Wildman–Crippen MR) is 41.9 cm³/mol. The van der Waals surface area contributed by atoms with Crippen molar-refractivity contribution in [3.8, 4) is 0 Å². The van der Waals surface area contributed by atoms with Crippen molar-refractivity contribution in [2.24, 2.45) is 0 Å². The second kappa shape index (κ2) is 3.74. The first-order valence-electron chi connectivity index (χ1n) is 3.47. The molecule has 60 valence electrons. The van der Waals surface area contributed by atoms with Gasteiger partial charge < -0.3 is 9.84 Å². The second-order valence-corrected chi connectivity index (χ2v) is 2.52. The van der Waals surface area contributed by atoms with Crippen molar-refractivity contribution in [1.29, 1.82) is 0 Å². The third kappa shape index (κ3) is 1.82. The molecule has 0 aliphatic carbocycles. The maximum atomic E-state index is 9.38. The van der Waals surface area contributed by atoms with E-state index in [9.17, 15) is 5.11 Å². The summed E-state index contributed by atoms with van der Waals surface area (Å²) in [5.41, 5.74) is -0.589. The number of hydrogen-bond donors (Lipinski definition) is 1. The Bertz CT molecular complexity index is 112. The van der Waals surface area contributed by atoms with E-state index in [0.29, 0.717) is 6.42 Å². The largest absolute Gasteiger partial charge is 0.390 e. The van der Waals surface area contributed by atoms with E-state index in [1.54, 1.807) is 13.2 Å². The summed E-state index contributed by atoms with van der Waals surface area (Å²) in [6, 6.07) is 0. The van der Waals surface area contributed by atoms with E-state index in [0.717, 1.165) is 0 Å². The Morgan fingerprint density at radius 3 is 2.40 bits per heavy atom. The topological polar surface area (TPSA) is 29.5 Å². The zero-order valence-corrected chi connectivity index (χ0v) is 6.92. The molecule has 0 aromatic carbocycles. The van der Waals surface area contributed by atoms with Gasteiger partial charge >= 0.3 is 0 Å². The molecule has 0 unspecified atom stereocenters.